The van der Waals surface area contributed by atoms with Crippen LogP contribution < -0.4 is 5.32 Å². The lowest BCUT2D eigenvalue weighted by Gasteiger charge is -2.19. The number of hydrogen-bond acceptors (Lipinski definition) is 4. The first-order chi connectivity index (χ1) is 7.70. The van der Waals surface area contributed by atoms with Gasteiger partial charge in [-0.05, 0) is 46.8 Å². The molecule has 0 radical (unpaired) electrons. The minimum Gasteiger partial charge on any atom is -0.444 e. The third kappa shape index (κ3) is 3.85. The SMILES string of the molecule is CC(C)n1c(NC(=O)OC(C)(C)C)n[nH]c1=S. The summed E-state index contributed by atoms with van der Waals surface area (Å²) in [6.45, 7) is 9.29. The zero-order valence-corrected chi connectivity index (χ0v) is 11.5. The number of ether oxygens (including phenoxy) is 1. The van der Waals surface area contributed by atoms with Gasteiger partial charge in [-0.25, -0.2) is 9.89 Å². The summed E-state index contributed by atoms with van der Waals surface area (Å²) in [7, 11) is 0. The van der Waals surface area contributed by atoms with Crippen LogP contribution >= 0.6 is 12.2 Å². The van der Waals surface area contributed by atoms with Gasteiger partial charge in [-0.3, -0.25) is 9.88 Å². The van der Waals surface area contributed by atoms with E-state index in [0.29, 0.717) is 10.7 Å². The highest BCUT2D eigenvalue weighted by molar-refractivity contribution is 7.71. The Balaban J connectivity index is 2.83. The normalized spacial score (nSPS) is 11.6. The molecule has 0 aromatic carbocycles. The highest BCUT2D eigenvalue weighted by Gasteiger charge is 2.18. The van der Waals surface area contributed by atoms with Crippen LogP contribution in [0.4, 0.5) is 10.7 Å². The Labute approximate surface area is 105 Å². The third-order valence-corrected chi connectivity index (χ3v) is 2.12. The van der Waals surface area contributed by atoms with Crippen molar-refractivity contribution < 1.29 is 9.53 Å². The number of H-pyrrole nitrogens is 1. The van der Waals surface area contributed by atoms with Crippen LogP contribution in [-0.4, -0.2) is 26.5 Å². The first-order valence-electron chi connectivity index (χ1n) is 5.37. The molecule has 0 aliphatic carbocycles. The molecule has 6 nitrogen and oxygen atoms in total. The van der Waals surface area contributed by atoms with Gasteiger partial charge in [0, 0.05) is 6.04 Å². The number of carbonyl (C=O) groups excluding carboxylic acids is 1. The second kappa shape index (κ2) is 4.87. The van der Waals surface area contributed by atoms with Gasteiger partial charge >= 0.3 is 6.09 Å². The molecule has 2 N–H and O–H groups in total. The summed E-state index contributed by atoms with van der Waals surface area (Å²) in [6.07, 6.45) is -0.548. The Morgan fingerprint density at radius 1 is 1.53 bits per heavy atom. The molecule has 1 rings (SSSR count). The minimum absolute atomic E-state index is 0.103. The number of carbonyl (C=O) groups is 1. The van der Waals surface area contributed by atoms with Crippen LogP contribution in [0.3, 0.4) is 0 Å². The molecule has 1 heterocycles. The highest BCUT2D eigenvalue weighted by atomic mass is 32.1. The van der Waals surface area contributed by atoms with E-state index in [-0.39, 0.29) is 6.04 Å². The Morgan fingerprint density at radius 2 is 2.12 bits per heavy atom. The van der Waals surface area contributed by atoms with Gasteiger partial charge < -0.3 is 4.74 Å². The van der Waals surface area contributed by atoms with Crippen LogP contribution in [0.25, 0.3) is 0 Å². The first kappa shape index (κ1) is 13.7. The number of hydrogen-bond donors (Lipinski definition) is 2. The Bertz CT molecular complexity index is 456. The highest BCUT2D eigenvalue weighted by Crippen LogP contribution is 2.14. The number of aromatic amines is 1. The molecule has 1 aromatic rings. The average molecular weight is 258 g/mol. The van der Waals surface area contributed by atoms with Gasteiger partial charge in [0.05, 0.1) is 0 Å². The number of nitrogens with one attached hydrogen (secondary N) is 2. The van der Waals surface area contributed by atoms with Crippen LogP contribution in [0.2, 0.25) is 0 Å². The summed E-state index contributed by atoms with van der Waals surface area (Å²) < 4.78 is 7.31. The van der Waals surface area contributed by atoms with Gasteiger partial charge in [0.2, 0.25) is 5.95 Å². The minimum atomic E-state index is -0.548. The fourth-order valence-electron chi connectivity index (χ4n) is 1.27. The lowest BCUT2D eigenvalue weighted by Crippen LogP contribution is -2.28. The molecule has 7 heteroatoms. The Morgan fingerprint density at radius 3 is 2.59 bits per heavy atom. The summed E-state index contributed by atoms with van der Waals surface area (Å²) >= 11 is 5.06. The molecule has 1 aromatic heterocycles. The van der Waals surface area contributed by atoms with Crippen molar-refractivity contribution in [2.45, 2.75) is 46.3 Å². The standard InChI is InChI=1S/C10H18N4O2S/c1-6(2)14-7(12-13-8(14)17)11-9(15)16-10(3,4)5/h6H,1-5H3,(H,13,17)(H,11,12,15). The van der Waals surface area contributed by atoms with Crippen molar-refractivity contribution in [3.63, 3.8) is 0 Å². The van der Waals surface area contributed by atoms with E-state index < -0.39 is 11.7 Å². The lowest BCUT2D eigenvalue weighted by molar-refractivity contribution is 0.0634. The van der Waals surface area contributed by atoms with Crippen molar-refractivity contribution in [2.24, 2.45) is 0 Å². The third-order valence-electron chi connectivity index (χ3n) is 1.83. The topological polar surface area (TPSA) is 71.9 Å². The fourth-order valence-corrected chi connectivity index (χ4v) is 1.61. The number of nitrogens with zero attached hydrogens (tertiary/aromatic N) is 2. The number of anilines is 1. The molecule has 0 bridgehead atoms. The Kier molecular flexibility index (Phi) is 3.92. The maximum absolute atomic E-state index is 11.6. The van der Waals surface area contributed by atoms with E-state index in [1.165, 1.54) is 0 Å². The van der Waals surface area contributed by atoms with Gasteiger partial charge in [0.25, 0.3) is 0 Å². The van der Waals surface area contributed by atoms with Crippen molar-refractivity contribution in [1.82, 2.24) is 14.8 Å². The molecule has 96 valence electrons. The lowest BCUT2D eigenvalue weighted by atomic mass is 10.2. The van der Waals surface area contributed by atoms with Crippen LogP contribution in [-0.2, 0) is 4.74 Å². The number of rotatable bonds is 2. The molecule has 0 saturated heterocycles. The molecule has 0 unspecified atom stereocenters. The molecular weight excluding hydrogens is 240 g/mol. The van der Waals surface area contributed by atoms with Gasteiger partial charge in [0.1, 0.15) is 5.60 Å². The van der Waals surface area contributed by atoms with Gasteiger partial charge in [-0.2, -0.15) is 0 Å². The fraction of sp³-hybridized carbons (Fsp3) is 0.700. The molecule has 0 fully saturated rings. The van der Waals surface area contributed by atoms with Crippen molar-refractivity contribution >= 4 is 24.3 Å². The number of amides is 1. The molecule has 0 saturated carbocycles. The van der Waals surface area contributed by atoms with E-state index in [1.807, 2.05) is 13.8 Å². The van der Waals surface area contributed by atoms with Crippen molar-refractivity contribution in [1.29, 1.82) is 0 Å². The summed E-state index contributed by atoms with van der Waals surface area (Å²) in [5, 5.41) is 9.14. The van der Waals surface area contributed by atoms with Gasteiger partial charge in [-0.15, -0.1) is 5.10 Å². The second-order valence-corrected chi connectivity index (χ2v) is 5.33. The maximum atomic E-state index is 11.6. The average Bonchev–Trinajstić information content (AvgIpc) is 2.42. The second-order valence-electron chi connectivity index (χ2n) is 4.94. The molecule has 0 spiro atoms. The first-order valence-corrected chi connectivity index (χ1v) is 5.78. The zero-order chi connectivity index (χ0) is 13.2. The van der Waals surface area contributed by atoms with E-state index >= 15 is 0 Å². The van der Waals surface area contributed by atoms with Crippen molar-refractivity contribution in [3.8, 4) is 0 Å². The van der Waals surface area contributed by atoms with Gasteiger partial charge in [0.15, 0.2) is 4.77 Å². The van der Waals surface area contributed by atoms with Crippen LogP contribution in [0.1, 0.15) is 40.7 Å². The molecule has 0 atom stereocenters. The van der Waals surface area contributed by atoms with E-state index in [0.717, 1.165) is 0 Å². The number of aromatic nitrogens is 3. The summed E-state index contributed by atoms with van der Waals surface area (Å²) in [5.41, 5.74) is -0.542. The van der Waals surface area contributed by atoms with Crippen LogP contribution in [0, 0.1) is 4.77 Å². The monoisotopic (exact) mass is 258 g/mol. The summed E-state index contributed by atoms with van der Waals surface area (Å²) in [6, 6.07) is 0.103. The van der Waals surface area contributed by atoms with Gasteiger partial charge in [-0.1, -0.05) is 0 Å². The summed E-state index contributed by atoms with van der Waals surface area (Å²) in [5.74, 6) is 0.360. The quantitative estimate of drug-likeness (QED) is 0.800. The van der Waals surface area contributed by atoms with Crippen LogP contribution in [0.15, 0.2) is 0 Å². The van der Waals surface area contributed by atoms with Crippen LogP contribution in [0.5, 0.6) is 0 Å². The van der Waals surface area contributed by atoms with E-state index in [4.69, 9.17) is 17.0 Å². The molecule has 0 aliphatic rings. The Hall–Kier alpha value is -1.37. The summed E-state index contributed by atoms with van der Waals surface area (Å²) in [4.78, 5) is 11.6. The largest absolute Gasteiger partial charge is 0.444 e. The van der Waals surface area contributed by atoms with E-state index in [2.05, 4.69) is 15.5 Å². The molecular formula is C10H18N4O2S. The van der Waals surface area contributed by atoms with E-state index in [1.54, 1.807) is 25.3 Å². The van der Waals surface area contributed by atoms with Crippen molar-refractivity contribution in [3.05, 3.63) is 4.77 Å². The smallest absolute Gasteiger partial charge is 0.414 e. The predicted molar refractivity (Wildman–Crippen MR) is 67.7 cm³/mol. The maximum Gasteiger partial charge on any atom is 0.414 e. The molecule has 0 aliphatic heterocycles. The van der Waals surface area contributed by atoms with E-state index in [9.17, 15) is 4.79 Å². The molecule has 17 heavy (non-hydrogen) atoms. The van der Waals surface area contributed by atoms with Crippen molar-refractivity contribution in [2.75, 3.05) is 5.32 Å². The molecule has 1 amide bonds. The predicted octanol–water partition coefficient (Wildman–Crippen LogP) is 2.87. The zero-order valence-electron chi connectivity index (χ0n) is 10.7.